The van der Waals surface area contributed by atoms with E-state index in [9.17, 15) is 0 Å². The van der Waals surface area contributed by atoms with E-state index in [4.69, 9.17) is 0 Å². The Morgan fingerprint density at radius 2 is 1.94 bits per heavy atom. The van der Waals surface area contributed by atoms with Crippen molar-refractivity contribution in [3.8, 4) is 0 Å². The molecule has 0 aliphatic carbocycles. The first-order valence-corrected chi connectivity index (χ1v) is 8.41. The first-order chi connectivity index (χ1) is 8.49. The summed E-state index contributed by atoms with van der Waals surface area (Å²) in [5, 5.41) is 3.49. The number of rotatable bonds is 7. The van der Waals surface area contributed by atoms with Crippen LogP contribution in [0.25, 0.3) is 0 Å². The molecule has 1 rings (SSSR count). The van der Waals surface area contributed by atoms with Crippen molar-refractivity contribution in [3.63, 3.8) is 0 Å². The van der Waals surface area contributed by atoms with E-state index in [0.29, 0.717) is 6.04 Å². The molecule has 1 aromatic carbocycles. The third-order valence-corrected chi connectivity index (χ3v) is 4.31. The van der Waals surface area contributed by atoms with Crippen LogP contribution in [0.15, 0.2) is 27.6 Å². The Morgan fingerprint density at radius 1 is 1.22 bits per heavy atom. The SMILES string of the molecule is CC(C)CCSc1cc(Br)ccc1CNC(C)C. The minimum absolute atomic E-state index is 0.530. The number of hydrogen-bond donors (Lipinski definition) is 1. The summed E-state index contributed by atoms with van der Waals surface area (Å²) in [5.74, 6) is 1.98. The summed E-state index contributed by atoms with van der Waals surface area (Å²) >= 11 is 5.53. The molecule has 0 aromatic heterocycles. The Hall–Kier alpha value is 0.01000. The fourth-order valence-corrected chi connectivity index (χ4v) is 3.39. The van der Waals surface area contributed by atoms with E-state index in [0.717, 1.165) is 12.5 Å². The number of nitrogens with one attached hydrogen (secondary N) is 1. The molecule has 0 saturated heterocycles. The lowest BCUT2D eigenvalue weighted by molar-refractivity contribution is 0.584. The van der Waals surface area contributed by atoms with Gasteiger partial charge >= 0.3 is 0 Å². The van der Waals surface area contributed by atoms with Crippen LogP contribution in [-0.4, -0.2) is 11.8 Å². The van der Waals surface area contributed by atoms with Crippen LogP contribution in [-0.2, 0) is 6.54 Å². The molecule has 0 atom stereocenters. The average molecular weight is 330 g/mol. The van der Waals surface area contributed by atoms with Gasteiger partial charge in [0, 0.05) is 22.0 Å². The van der Waals surface area contributed by atoms with Crippen LogP contribution in [0.5, 0.6) is 0 Å². The van der Waals surface area contributed by atoms with Crippen LogP contribution in [0.3, 0.4) is 0 Å². The summed E-state index contributed by atoms with van der Waals surface area (Å²) in [6, 6.07) is 7.12. The molecular weight excluding hydrogens is 306 g/mol. The molecule has 1 N–H and O–H groups in total. The second-order valence-corrected chi connectivity index (χ2v) is 7.37. The highest BCUT2D eigenvalue weighted by Gasteiger charge is 2.05. The van der Waals surface area contributed by atoms with Crippen molar-refractivity contribution in [3.05, 3.63) is 28.2 Å². The normalized spacial score (nSPS) is 11.5. The molecule has 0 heterocycles. The Bertz CT molecular complexity index is 364. The van der Waals surface area contributed by atoms with E-state index in [2.05, 4.69) is 67.1 Å². The van der Waals surface area contributed by atoms with E-state index >= 15 is 0 Å². The van der Waals surface area contributed by atoms with E-state index in [1.165, 1.54) is 27.1 Å². The highest BCUT2D eigenvalue weighted by Crippen LogP contribution is 2.28. The van der Waals surface area contributed by atoms with Crippen molar-refractivity contribution in [2.24, 2.45) is 5.92 Å². The lowest BCUT2D eigenvalue weighted by Crippen LogP contribution is -2.22. The van der Waals surface area contributed by atoms with Gasteiger partial charge in [-0.15, -0.1) is 11.8 Å². The van der Waals surface area contributed by atoms with Gasteiger partial charge in [-0.2, -0.15) is 0 Å². The molecule has 3 heteroatoms. The third-order valence-electron chi connectivity index (χ3n) is 2.68. The largest absolute Gasteiger partial charge is 0.310 e. The lowest BCUT2D eigenvalue weighted by atomic mass is 10.2. The molecule has 0 unspecified atom stereocenters. The van der Waals surface area contributed by atoms with Gasteiger partial charge in [0.1, 0.15) is 0 Å². The molecule has 18 heavy (non-hydrogen) atoms. The van der Waals surface area contributed by atoms with Crippen LogP contribution < -0.4 is 5.32 Å². The van der Waals surface area contributed by atoms with Gasteiger partial charge in [0.25, 0.3) is 0 Å². The number of halogens is 1. The molecule has 1 nitrogen and oxygen atoms in total. The molecule has 0 saturated carbocycles. The van der Waals surface area contributed by atoms with Gasteiger partial charge in [0.05, 0.1) is 0 Å². The minimum atomic E-state index is 0.530. The van der Waals surface area contributed by atoms with E-state index in [1.54, 1.807) is 0 Å². The summed E-state index contributed by atoms with van der Waals surface area (Å²) < 4.78 is 1.17. The van der Waals surface area contributed by atoms with Crippen molar-refractivity contribution >= 4 is 27.7 Å². The highest BCUT2D eigenvalue weighted by atomic mass is 79.9. The minimum Gasteiger partial charge on any atom is -0.310 e. The van der Waals surface area contributed by atoms with E-state index in [1.807, 2.05) is 11.8 Å². The molecule has 0 aliphatic rings. The van der Waals surface area contributed by atoms with Gasteiger partial charge in [-0.3, -0.25) is 0 Å². The Labute approximate surface area is 124 Å². The van der Waals surface area contributed by atoms with Crippen molar-refractivity contribution in [2.75, 3.05) is 5.75 Å². The zero-order chi connectivity index (χ0) is 13.5. The quantitative estimate of drug-likeness (QED) is 0.699. The van der Waals surface area contributed by atoms with E-state index in [-0.39, 0.29) is 0 Å². The number of benzene rings is 1. The molecule has 0 spiro atoms. The van der Waals surface area contributed by atoms with Crippen molar-refractivity contribution in [1.82, 2.24) is 5.32 Å². The first kappa shape index (κ1) is 16.1. The predicted molar refractivity (Wildman–Crippen MR) is 86.3 cm³/mol. The maximum absolute atomic E-state index is 3.56. The summed E-state index contributed by atoms with van der Waals surface area (Å²) in [6.45, 7) is 9.88. The van der Waals surface area contributed by atoms with Crippen LogP contribution in [0.4, 0.5) is 0 Å². The maximum Gasteiger partial charge on any atom is 0.0218 e. The van der Waals surface area contributed by atoms with E-state index < -0.39 is 0 Å². The highest BCUT2D eigenvalue weighted by molar-refractivity contribution is 9.10. The second kappa shape index (κ2) is 8.23. The lowest BCUT2D eigenvalue weighted by Gasteiger charge is -2.13. The van der Waals surface area contributed by atoms with Crippen molar-refractivity contribution in [1.29, 1.82) is 0 Å². The molecular formula is C15H24BrNS. The molecule has 0 bridgehead atoms. The van der Waals surface area contributed by atoms with Crippen LogP contribution in [0.2, 0.25) is 0 Å². The molecule has 0 aliphatic heterocycles. The molecule has 1 aromatic rings. The summed E-state index contributed by atoms with van der Waals surface area (Å²) in [6.07, 6.45) is 1.27. The Morgan fingerprint density at radius 3 is 2.56 bits per heavy atom. The summed E-state index contributed by atoms with van der Waals surface area (Å²) in [7, 11) is 0. The molecule has 0 amide bonds. The van der Waals surface area contributed by atoms with Gasteiger partial charge in [0.15, 0.2) is 0 Å². The molecule has 0 fully saturated rings. The third kappa shape index (κ3) is 6.26. The van der Waals surface area contributed by atoms with Gasteiger partial charge in [-0.25, -0.2) is 0 Å². The van der Waals surface area contributed by atoms with Crippen molar-refractivity contribution in [2.45, 2.75) is 51.6 Å². The maximum atomic E-state index is 3.56. The fraction of sp³-hybridized carbons (Fsp3) is 0.600. The van der Waals surface area contributed by atoms with Crippen LogP contribution in [0.1, 0.15) is 39.7 Å². The average Bonchev–Trinajstić information content (AvgIpc) is 2.27. The Kier molecular flexibility index (Phi) is 7.35. The first-order valence-electron chi connectivity index (χ1n) is 6.63. The van der Waals surface area contributed by atoms with Crippen molar-refractivity contribution < 1.29 is 0 Å². The monoisotopic (exact) mass is 329 g/mol. The predicted octanol–water partition coefficient (Wildman–Crippen LogP) is 5.09. The molecule has 0 radical (unpaired) electrons. The molecule has 102 valence electrons. The number of hydrogen-bond acceptors (Lipinski definition) is 2. The second-order valence-electron chi connectivity index (χ2n) is 5.32. The van der Waals surface area contributed by atoms with Gasteiger partial charge in [0.2, 0.25) is 0 Å². The van der Waals surface area contributed by atoms with Gasteiger partial charge < -0.3 is 5.32 Å². The topological polar surface area (TPSA) is 12.0 Å². The summed E-state index contributed by atoms with van der Waals surface area (Å²) in [4.78, 5) is 1.40. The smallest absolute Gasteiger partial charge is 0.0218 e. The van der Waals surface area contributed by atoms with Gasteiger partial charge in [-0.05, 0) is 35.8 Å². The standard InChI is InChI=1S/C15H24BrNS/c1-11(2)7-8-18-15-9-14(16)6-5-13(15)10-17-12(3)4/h5-6,9,11-12,17H,7-8,10H2,1-4H3. The number of thioether (sulfide) groups is 1. The van der Waals surface area contributed by atoms with Crippen LogP contribution >= 0.6 is 27.7 Å². The Balaban J connectivity index is 2.64. The zero-order valence-electron chi connectivity index (χ0n) is 11.8. The van der Waals surface area contributed by atoms with Crippen LogP contribution in [0, 0.1) is 5.92 Å². The zero-order valence-corrected chi connectivity index (χ0v) is 14.2. The fourth-order valence-electron chi connectivity index (χ4n) is 1.53. The van der Waals surface area contributed by atoms with Gasteiger partial charge in [-0.1, -0.05) is 49.7 Å². The summed E-state index contributed by atoms with van der Waals surface area (Å²) in [5.41, 5.74) is 1.40.